The van der Waals surface area contributed by atoms with E-state index >= 15 is 0 Å². The molecule has 4 nitrogen and oxygen atoms in total. The maximum absolute atomic E-state index is 12.2. The van der Waals surface area contributed by atoms with Crippen molar-refractivity contribution in [3.63, 3.8) is 0 Å². The number of fused-ring (bicyclic) bond motifs is 1. The summed E-state index contributed by atoms with van der Waals surface area (Å²) in [6, 6.07) is 3.09. The quantitative estimate of drug-likeness (QED) is 0.708. The Bertz CT molecular complexity index is 799. The number of amides is 1. The molecule has 0 aliphatic rings. The third-order valence-electron chi connectivity index (χ3n) is 2.84. The lowest BCUT2D eigenvalue weighted by Crippen LogP contribution is -2.23. The van der Waals surface area contributed by atoms with Crippen molar-refractivity contribution in [2.24, 2.45) is 0 Å². The van der Waals surface area contributed by atoms with Crippen LogP contribution in [0.5, 0.6) is 0 Å². The van der Waals surface area contributed by atoms with Crippen LogP contribution >= 0.6 is 46.1 Å². The van der Waals surface area contributed by atoms with E-state index in [0.29, 0.717) is 0 Å². The molecule has 2 heterocycles. The number of carbonyl (C=O) groups excluding carboxylic acids is 1. The van der Waals surface area contributed by atoms with Crippen molar-refractivity contribution in [3.05, 3.63) is 56.2 Å². The molecule has 0 fully saturated rings. The van der Waals surface area contributed by atoms with Gasteiger partial charge in [-0.05, 0) is 12.1 Å². The number of nitrogens with zero attached hydrogens (tertiary/aromatic N) is 2. The molecule has 1 amide bonds. The van der Waals surface area contributed by atoms with Gasteiger partial charge in [-0.2, -0.15) is 0 Å². The van der Waals surface area contributed by atoms with Crippen LogP contribution in [0, 0.1) is 0 Å². The van der Waals surface area contributed by atoms with Crippen LogP contribution in [0.4, 0.5) is 0 Å². The monoisotopic (exact) mass is 359 g/mol. The molecule has 0 radical (unpaired) electrons. The number of thiazole rings is 1. The first kappa shape index (κ1) is 14.7. The molecule has 0 unspecified atom stereocenters. The summed E-state index contributed by atoms with van der Waals surface area (Å²) in [6.45, 7) is 0.284. The van der Waals surface area contributed by atoms with E-state index < -0.39 is 0 Å². The van der Waals surface area contributed by atoms with Gasteiger partial charge in [0.1, 0.15) is 0 Å². The van der Waals surface area contributed by atoms with Gasteiger partial charge < -0.3 is 5.32 Å². The molecule has 0 bridgehead atoms. The highest BCUT2D eigenvalue weighted by Crippen LogP contribution is 2.31. The fraction of sp³-hybridized carbons (Fsp3) is 0.0769. The Morgan fingerprint density at radius 1 is 1.29 bits per heavy atom. The van der Waals surface area contributed by atoms with Crippen LogP contribution in [0.2, 0.25) is 15.1 Å². The summed E-state index contributed by atoms with van der Waals surface area (Å²) >= 11 is 19.5. The number of hydrogen-bond donors (Lipinski definition) is 1. The number of carbonyl (C=O) groups is 1. The zero-order valence-electron chi connectivity index (χ0n) is 10.4. The molecule has 2 aromatic heterocycles. The minimum atomic E-state index is -0.385. The van der Waals surface area contributed by atoms with Gasteiger partial charge in [-0.25, -0.2) is 4.98 Å². The molecule has 108 valence electrons. The first-order valence-electron chi connectivity index (χ1n) is 5.89. The van der Waals surface area contributed by atoms with Crippen LogP contribution in [0.25, 0.3) is 4.96 Å². The highest BCUT2D eigenvalue weighted by molar-refractivity contribution is 7.15. The van der Waals surface area contributed by atoms with E-state index in [0.717, 1.165) is 10.7 Å². The van der Waals surface area contributed by atoms with Gasteiger partial charge in [0, 0.05) is 17.8 Å². The second-order valence-corrected chi connectivity index (χ2v) is 6.29. The van der Waals surface area contributed by atoms with Crippen LogP contribution in [0.1, 0.15) is 16.1 Å². The van der Waals surface area contributed by atoms with Crippen LogP contribution in [0.15, 0.2) is 29.9 Å². The molecule has 21 heavy (non-hydrogen) atoms. The number of halogens is 3. The van der Waals surface area contributed by atoms with Gasteiger partial charge in [-0.15, -0.1) is 11.3 Å². The largest absolute Gasteiger partial charge is 0.346 e. The van der Waals surface area contributed by atoms with Crippen LogP contribution in [0.3, 0.4) is 0 Å². The Balaban J connectivity index is 1.78. The smallest absolute Gasteiger partial charge is 0.254 e. The second-order valence-electron chi connectivity index (χ2n) is 4.23. The lowest BCUT2D eigenvalue weighted by atomic mass is 10.2. The van der Waals surface area contributed by atoms with Crippen LogP contribution in [-0.4, -0.2) is 15.3 Å². The molecule has 1 N–H and O–H groups in total. The fourth-order valence-corrected chi connectivity index (χ4v) is 3.27. The van der Waals surface area contributed by atoms with Gasteiger partial charge in [-0.1, -0.05) is 34.8 Å². The summed E-state index contributed by atoms with van der Waals surface area (Å²) in [7, 11) is 0. The van der Waals surface area contributed by atoms with Gasteiger partial charge in [0.15, 0.2) is 4.96 Å². The first-order chi connectivity index (χ1) is 10.1. The predicted octanol–water partition coefficient (Wildman–Crippen LogP) is 4.29. The highest BCUT2D eigenvalue weighted by atomic mass is 35.5. The van der Waals surface area contributed by atoms with Crippen molar-refractivity contribution in [2.75, 3.05) is 0 Å². The maximum atomic E-state index is 12.2. The Morgan fingerprint density at radius 3 is 2.81 bits per heavy atom. The lowest BCUT2D eigenvalue weighted by molar-refractivity contribution is 0.0951. The number of imidazole rings is 1. The third-order valence-corrected chi connectivity index (χ3v) is 4.73. The molecule has 1 aromatic carbocycles. The molecule has 0 spiro atoms. The Kier molecular flexibility index (Phi) is 4.08. The number of hydrogen-bond acceptors (Lipinski definition) is 3. The summed E-state index contributed by atoms with van der Waals surface area (Å²) in [5.41, 5.74) is 0.927. The van der Waals surface area contributed by atoms with Gasteiger partial charge in [0.25, 0.3) is 5.91 Å². The van der Waals surface area contributed by atoms with E-state index in [4.69, 9.17) is 34.8 Å². The average Bonchev–Trinajstić information content (AvgIpc) is 3.02. The van der Waals surface area contributed by atoms with E-state index in [1.807, 2.05) is 22.2 Å². The van der Waals surface area contributed by atoms with E-state index in [2.05, 4.69) is 10.3 Å². The van der Waals surface area contributed by atoms with Crippen molar-refractivity contribution < 1.29 is 4.79 Å². The molecule has 0 aliphatic carbocycles. The number of benzene rings is 1. The summed E-state index contributed by atoms with van der Waals surface area (Å²) in [6.07, 6.45) is 3.76. The molecule has 0 atom stereocenters. The van der Waals surface area contributed by atoms with Gasteiger partial charge >= 0.3 is 0 Å². The SMILES string of the molecule is O=C(NCc1cn2ccsc2n1)c1c(Cl)ccc(Cl)c1Cl. The van der Waals surface area contributed by atoms with E-state index in [-0.39, 0.29) is 33.1 Å². The highest BCUT2D eigenvalue weighted by Gasteiger charge is 2.17. The number of aromatic nitrogens is 2. The van der Waals surface area contributed by atoms with Crippen molar-refractivity contribution in [2.45, 2.75) is 6.54 Å². The minimum absolute atomic E-state index is 0.146. The normalized spacial score (nSPS) is 11.0. The second kappa shape index (κ2) is 5.85. The molecule has 0 saturated carbocycles. The lowest BCUT2D eigenvalue weighted by Gasteiger charge is -2.08. The standard InChI is InChI=1S/C13H8Cl3N3OS/c14-8-1-2-9(15)11(16)10(8)12(20)17-5-7-6-19-3-4-21-13(19)18-7/h1-4,6H,5H2,(H,17,20). The van der Waals surface area contributed by atoms with E-state index in [1.165, 1.54) is 17.4 Å². The topological polar surface area (TPSA) is 46.4 Å². The van der Waals surface area contributed by atoms with Crippen LogP contribution in [-0.2, 0) is 6.54 Å². The molecule has 8 heteroatoms. The fourth-order valence-electron chi connectivity index (χ4n) is 1.86. The summed E-state index contributed by atoms with van der Waals surface area (Å²) < 4.78 is 1.89. The summed E-state index contributed by atoms with van der Waals surface area (Å²) in [4.78, 5) is 17.4. The van der Waals surface area contributed by atoms with Crippen molar-refractivity contribution in [3.8, 4) is 0 Å². The molecule has 0 saturated heterocycles. The van der Waals surface area contributed by atoms with Gasteiger partial charge in [0.2, 0.25) is 0 Å². The zero-order chi connectivity index (χ0) is 15.0. The van der Waals surface area contributed by atoms with Crippen molar-refractivity contribution in [1.29, 1.82) is 0 Å². The molecular weight excluding hydrogens is 353 g/mol. The molecule has 3 rings (SSSR count). The maximum Gasteiger partial charge on any atom is 0.254 e. The number of rotatable bonds is 3. The first-order valence-corrected chi connectivity index (χ1v) is 7.90. The average molecular weight is 361 g/mol. The predicted molar refractivity (Wildman–Crippen MR) is 85.7 cm³/mol. The molecule has 3 aromatic rings. The minimum Gasteiger partial charge on any atom is -0.346 e. The van der Waals surface area contributed by atoms with Gasteiger partial charge in [0.05, 0.1) is 32.9 Å². The zero-order valence-corrected chi connectivity index (χ0v) is 13.5. The number of nitrogens with one attached hydrogen (secondary N) is 1. The summed E-state index contributed by atoms with van der Waals surface area (Å²) in [5.74, 6) is -0.385. The Morgan fingerprint density at radius 2 is 2.05 bits per heavy atom. The third kappa shape index (κ3) is 2.87. The molecule has 0 aliphatic heterocycles. The van der Waals surface area contributed by atoms with Crippen molar-refractivity contribution >= 4 is 57.0 Å². The van der Waals surface area contributed by atoms with E-state index in [9.17, 15) is 4.79 Å². The Labute approximate surface area is 139 Å². The van der Waals surface area contributed by atoms with Gasteiger partial charge in [-0.3, -0.25) is 9.20 Å². The van der Waals surface area contributed by atoms with Crippen molar-refractivity contribution in [1.82, 2.24) is 14.7 Å². The van der Waals surface area contributed by atoms with E-state index in [1.54, 1.807) is 6.07 Å². The Hall–Kier alpha value is -1.27. The summed E-state index contributed by atoms with van der Waals surface area (Å²) in [5, 5.41) is 5.37. The molecular formula is C13H8Cl3N3OS. The van der Waals surface area contributed by atoms with Crippen LogP contribution < -0.4 is 5.32 Å².